The van der Waals surface area contributed by atoms with Gasteiger partial charge in [0.05, 0.1) is 0 Å². The minimum atomic E-state index is -0.213. The summed E-state index contributed by atoms with van der Waals surface area (Å²) in [6, 6.07) is 0. The number of ketones is 1. The second kappa shape index (κ2) is 3.56. The van der Waals surface area contributed by atoms with Gasteiger partial charge in [0.15, 0.2) is 0 Å². The Bertz CT molecular complexity index is 500. The summed E-state index contributed by atoms with van der Waals surface area (Å²) in [5.41, 5.74) is 2.82. The molecule has 3 nitrogen and oxygen atoms in total. The largest absolute Gasteiger partial charge is 0.454 e. The zero-order valence-electron chi connectivity index (χ0n) is 10.9. The lowest BCUT2D eigenvalue weighted by Crippen LogP contribution is -2.45. The van der Waals surface area contributed by atoms with Crippen molar-refractivity contribution in [3.8, 4) is 0 Å². The Hall–Kier alpha value is -1.38. The Morgan fingerprint density at radius 2 is 2.06 bits per heavy atom. The number of hydrogen-bond donors (Lipinski definition) is 0. The minimum Gasteiger partial charge on any atom is -0.454 e. The number of esters is 1. The first kappa shape index (κ1) is 11.7. The van der Waals surface area contributed by atoms with Crippen molar-refractivity contribution in [2.24, 2.45) is 11.3 Å². The highest BCUT2D eigenvalue weighted by molar-refractivity contribution is 5.92. The van der Waals surface area contributed by atoms with Gasteiger partial charge >= 0.3 is 5.97 Å². The van der Waals surface area contributed by atoms with Gasteiger partial charge in [-0.05, 0) is 31.8 Å². The smallest absolute Gasteiger partial charge is 0.334 e. The molecular formula is C15H18O3. The SMILES string of the molecule is C=C1CCC(=O)C2CC3OC(=O)C(C)=C3CC12C. The van der Waals surface area contributed by atoms with Crippen LogP contribution in [0.2, 0.25) is 0 Å². The number of carbonyl (C=O) groups is 2. The molecule has 18 heavy (non-hydrogen) atoms. The van der Waals surface area contributed by atoms with E-state index >= 15 is 0 Å². The fourth-order valence-electron chi connectivity index (χ4n) is 3.68. The van der Waals surface area contributed by atoms with Crippen molar-refractivity contribution in [1.29, 1.82) is 0 Å². The lowest BCUT2D eigenvalue weighted by molar-refractivity contribution is -0.144. The number of rotatable bonds is 0. The molecule has 2 aliphatic carbocycles. The molecule has 0 radical (unpaired) electrons. The van der Waals surface area contributed by atoms with Gasteiger partial charge < -0.3 is 4.74 Å². The third kappa shape index (κ3) is 1.36. The van der Waals surface area contributed by atoms with E-state index in [2.05, 4.69) is 13.5 Å². The number of carbonyl (C=O) groups excluding carboxylic acids is 2. The number of fused-ring (bicyclic) bond motifs is 2. The fourth-order valence-corrected chi connectivity index (χ4v) is 3.68. The predicted molar refractivity (Wildman–Crippen MR) is 66.8 cm³/mol. The van der Waals surface area contributed by atoms with E-state index in [0.29, 0.717) is 18.6 Å². The van der Waals surface area contributed by atoms with Gasteiger partial charge in [-0.15, -0.1) is 0 Å². The van der Waals surface area contributed by atoms with E-state index in [0.717, 1.165) is 29.6 Å². The molecule has 1 aliphatic heterocycles. The van der Waals surface area contributed by atoms with Gasteiger partial charge in [-0.2, -0.15) is 0 Å². The van der Waals surface area contributed by atoms with Crippen molar-refractivity contribution in [1.82, 2.24) is 0 Å². The molecule has 3 heteroatoms. The first-order chi connectivity index (χ1) is 8.43. The third-order valence-corrected chi connectivity index (χ3v) is 5.07. The minimum absolute atomic E-state index is 0.0220. The highest BCUT2D eigenvalue weighted by atomic mass is 16.5. The summed E-state index contributed by atoms with van der Waals surface area (Å²) in [6.07, 6.45) is 2.62. The molecule has 3 atom stereocenters. The van der Waals surface area contributed by atoms with Crippen LogP contribution in [0.1, 0.15) is 39.5 Å². The van der Waals surface area contributed by atoms with Crippen LogP contribution >= 0.6 is 0 Å². The van der Waals surface area contributed by atoms with Crippen LogP contribution in [0, 0.1) is 11.3 Å². The molecule has 3 rings (SSSR count). The summed E-state index contributed by atoms with van der Waals surface area (Å²) in [5, 5.41) is 0. The Labute approximate surface area is 107 Å². The van der Waals surface area contributed by atoms with Gasteiger partial charge in [-0.3, -0.25) is 4.79 Å². The molecule has 2 fully saturated rings. The van der Waals surface area contributed by atoms with Gasteiger partial charge in [0.25, 0.3) is 0 Å². The van der Waals surface area contributed by atoms with Crippen molar-refractivity contribution in [2.75, 3.05) is 0 Å². The summed E-state index contributed by atoms with van der Waals surface area (Å²) in [5.74, 6) is 0.0751. The molecule has 0 aromatic rings. The van der Waals surface area contributed by atoms with Crippen molar-refractivity contribution in [3.63, 3.8) is 0 Å². The van der Waals surface area contributed by atoms with E-state index in [9.17, 15) is 9.59 Å². The van der Waals surface area contributed by atoms with E-state index in [-0.39, 0.29) is 23.4 Å². The van der Waals surface area contributed by atoms with Crippen molar-refractivity contribution < 1.29 is 14.3 Å². The molecule has 0 spiro atoms. The number of Topliss-reactive ketones (excluding diaryl/α,β-unsaturated/α-hetero) is 1. The molecule has 0 amide bonds. The van der Waals surface area contributed by atoms with E-state index in [1.165, 1.54) is 0 Å². The normalized spacial score (nSPS) is 39.6. The van der Waals surface area contributed by atoms with Gasteiger partial charge in [0.1, 0.15) is 11.9 Å². The van der Waals surface area contributed by atoms with Crippen molar-refractivity contribution in [2.45, 2.75) is 45.6 Å². The molecule has 0 aromatic carbocycles. The molecule has 3 unspecified atom stereocenters. The van der Waals surface area contributed by atoms with Gasteiger partial charge in [0, 0.05) is 23.3 Å². The van der Waals surface area contributed by atoms with Crippen molar-refractivity contribution in [3.05, 3.63) is 23.3 Å². The monoisotopic (exact) mass is 246 g/mol. The maximum absolute atomic E-state index is 12.1. The quantitative estimate of drug-likeness (QED) is 0.487. The van der Waals surface area contributed by atoms with Crippen LogP contribution in [-0.2, 0) is 14.3 Å². The van der Waals surface area contributed by atoms with Gasteiger partial charge in [0.2, 0.25) is 0 Å². The van der Waals surface area contributed by atoms with E-state index < -0.39 is 0 Å². The Balaban J connectivity index is 2.03. The zero-order valence-corrected chi connectivity index (χ0v) is 10.9. The summed E-state index contributed by atoms with van der Waals surface area (Å²) >= 11 is 0. The molecule has 1 heterocycles. The summed E-state index contributed by atoms with van der Waals surface area (Å²) in [4.78, 5) is 23.8. The zero-order chi connectivity index (χ0) is 13.1. The molecule has 0 saturated heterocycles. The summed E-state index contributed by atoms with van der Waals surface area (Å²) in [6.45, 7) is 8.11. The average molecular weight is 246 g/mol. The van der Waals surface area contributed by atoms with Crippen LogP contribution < -0.4 is 0 Å². The topological polar surface area (TPSA) is 43.4 Å². The molecule has 0 N–H and O–H groups in total. The van der Waals surface area contributed by atoms with Gasteiger partial charge in [-0.25, -0.2) is 4.79 Å². The second-order valence-electron chi connectivity index (χ2n) is 6.00. The molecule has 2 saturated carbocycles. The van der Waals surface area contributed by atoms with Crippen molar-refractivity contribution >= 4 is 11.8 Å². The molecular weight excluding hydrogens is 228 g/mol. The first-order valence-corrected chi connectivity index (χ1v) is 6.55. The maximum atomic E-state index is 12.1. The van der Waals surface area contributed by atoms with Crippen LogP contribution in [0.15, 0.2) is 23.3 Å². The molecule has 0 aromatic heterocycles. The Kier molecular flexibility index (Phi) is 2.31. The lowest BCUT2D eigenvalue weighted by atomic mass is 9.56. The van der Waals surface area contributed by atoms with Crippen LogP contribution in [0.25, 0.3) is 0 Å². The highest BCUT2D eigenvalue weighted by Gasteiger charge is 2.52. The first-order valence-electron chi connectivity index (χ1n) is 6.55. The second-order valence-corrected chi connectivity index (χ2v) is 6.00. The molecule has 0 bridgehead atoms. The van der Waals surface area contributed by atoms with E-state index in [4.69, 9.17) is 4.74 Å². The van der Waals surface area contributed by atoms with Crippen LogP contribution in [0.3, 0.4) is 0 Å². The third-order valence-electron chi connectivity index (χ3n) is 5.07. The standard InChI is InChI=1S/C15H18O3/c1-8-4-5-12(16)11-6-13-10(7-15(8,11)3)9(2)14(17)18-13/h11,13H,1,4-7H2,2-3H3. The number of hydrogen-bond acceptors (Lipinski definition) is 3. The molecule has 3 aliphatic rings. The van der Waals surface area contributed by atoms with Crippen LogP contribution in [0.4, 0.5) is 0 Å². The lowest BCUT2D eigenvalue weighted by Gasteiger charge is -2.47. The van der Waals surface area contributed by atoms with Gasteiger partial charge in [-0.1, -0.05) is 19.1 Å². The highest BCUT2D eigenvalue weighted by Crippen LogP contribution is 2.54. The summed E-state index contributed by atoms with van der Waals surface area (Å²) in [7, 11) is 0. The Morgan fingerprint density at radius 1 is 1.33 bits per heavy atom. The summed E-state index contributed by atoms with van der Waals surface area (Å²) < 4.78 is 5.36. The fraction of sp³-hybridized carbons (Fsp3) is 0.600. The average Bonchev–Trinajstić information content (AvgIpc) is 2.59. The predicted octanol–water partition coefficient (Wildman–Crippen LogP) is 2.56. The Morgan fingerprint density at radius 3 is 2.78 bits per heavy atom. The van der Waals surface area contributed by atoms with Crippen LogP contribution in [-0.4, -0.2) is 17.9 Å². The van der Waals surface area contributed by atoms with E-state index in [1.807, 2.05) is 6.92 Å². The number of allylic oxidation sites excluding steroid dienone is 1. The number of ether oxygens (including phenoxy) is 1. The maximum Gasteiger partial charge on any atom is 0.334 e. The molecule has 96 valence electrons. The van der Waals surface area contributed by atoms with E-state index in [1.54, 1.807) is 0 Å². The van der Waals surface area contributed by atoms with Crippen LogP contribution in [0.5, 0.6) is 0 Å².